The molecule has 0 aliphatic carbocycles. The van der Waals surface area contributed by atoms with Crippen LogP contribution in [0.5, 0.6) is 5.75 Å². The van der Waals surface area contributed by atoms with Gasteiger partial charge >= 0.3 is 0 Å². The quantitative estimate of drug-likeness (QED) is 0.813. The van der Waals surface area contributed by atoms with Crippen LogP contribution in [0.3, 0.4) is 0 Å². The molecular formula is C16H15NO. The Kier molecular flexibility index (Phi) is 3.64. The molecule has 18 heavy (non-hydrogen) atoms. The minimum absolute atomic E-state index is 0.562. The monoisotopic (exact) mass is 237 g/mol. The first kappa shape index (κ1) is 12.2. The second kappa shape index (κ2) is 5.37. The van der Waals surface area contributed by atoms with E-state index in [1.54, 1.807) is 13.2 Å². The third-order valence-corrected chi connectivity index (χ3v) is 3.02. The van der Waals surface area contributed by atoms with Crippen LogP contribution in [0.4, 0.5) is 0 Å². The Morgan fingerprint density at radius 2 is 1.72 bits per heavy atom. The van der Waals surface area contributed by atoms with Gasteiger partial charge in [-0.3, -0.25) is 0 Å². The fourth-order valence-electron chi connectivity index (χ4n) is 1.90. The van der Waals surface area contributed by atoms with Crippen molar-refractivity contribution >= 4 is 0 Å². The van der Waals surface area contributed by atoms with Crippen molar-refractivity contribution in [1.29, 1.82) is 5.26 Å². The van der Waals surface area contributed by atoms with E-state index in [0.717, 1.165) is 17.5 Å². The van der Waals surface area contributed by atoms with Crippen LogP contribution in [0, 0.1) is 11.3 Å². The van der Waals surface area contributed by atoms with Crippen molar-refractivity contribution in [2.24, 2.45) is 0 Å². The van der Waals surface area contributed by atoms with Crippen LogP contribution in [-0.2, 0) is 6.42 Å². The summed E-state index contributed by atoms with van der Waals surface area (Å²) in [6, 6.07) is 16.2. The molecule has 2 rings (SSSR count). The summed E-state index contributed by atoms with van der Waals surface area (Å²) in [5.41, 5.74) is 4.08. The molecule has 0 aliphatic rings. The molecule has 90 valence electrons. The van der Waals surface area contributed by atoms with Crippen LogP contribution in [-0.4, -0.2) is 7.11 Å². The van der Waals surface area contributed by atoms with Gasteiger partial charge in [0, 0.05) is 0 Å². The highest BCUT2D eigenvalue weighted by Gasteiger charge is 2.05. The Bertz CT molecular complexity index is 579. The summed E-state index contributed by atoms with van der Waals surface area (Å²) in [5.74, 6) is 0.620. The number of hydrogen-bond donors (Lipinski definition) is 0. The number of benzene rings is 2. The maximum Gasteiger partial charge on any atom is 0.137 e. The highest BCUT2D eigenvalue weighted by atomic mass is 16.5. The number of methoxy groups -OCH3 is 1. The molecule has 0 spiro atoms. The van der Waals surface area contributed by atoms with Gasteiger partial charge in [0.05, 0.1) is 12.7 Å². The average molecular weight is 237 g/mol. The van der Waals surface area contributed by atoms with Crippen LogP contribution in [0.15, 0.2) is 42.5 Å². The van der Waals surface area contributed by atoms with Gasteiger partial charge in [-0.05, 0) is 35.2 Å². The van der Waals surface area contributed by atoms with Gasteiger partial charge in [0.15, 0.2) is 0 Å². The van der Waals surface area contributed by atoms with Gasteiger partial charge in [-0.25, -0.2) is 0 Å². The number of nitriles is 1. The molecule has 2 aromatic carbocycles. The lowest BCUT2D eigenvalue weighted by Gasteiger charge is -2.07. The van der Waals surface area contributed by atoms with E-state index in [0.29, 0.717) is 11.3 Å². The SMILES string of the molecule is CCc1ccc(-c2ccc(C#N)c(OC)c2)cc1. The molecule has 0 aromatic heterocycles. The van der Waals surface area contributed by atoms with E-state index in [-0.39, 0.29) is 0 Å². The molecule has 2 heteroatoms. The third kappa shape index (κ3) is 2.36. The average Bonchev–Trinajstić information content (AvgIpc) is 2.46. The van der Waals surface area contributed by atoms with Gasteiger partial charge in [0.2, 0.25) is 0 Å². The molecule has 0 radical (unpaired) electrons. The zero-order valence-corrected chi connectivity index (χ0v) is 10.6. The van der Waals surface area contributed by atoms with Crippen molar-refractivity contribution in [2.75, 3.05) is 7.11 Å². The lowest BCUT2D eigenvalue weighted by molar-refractivity contribution is 0.413. The Hall–Kier alpha value is -2.27. The molecule has 0 saturated heterocycles. The lowest BCUT2D eigenvalue weighted by Crippen LogP contribution is -1.89. The molecule has 0 heterocycles. The largest absolute Gasteiger partial charge is 0.495 e. The highest BCUT2D eigenvalue weighted by molar-refractivity contribution is 5.67. The summed E-state index contributed by atoms with van der Waals surface area (Å²) in [6.45, 7) is 2.14. The van der Waals surface area contributed by atoms with Crippen molar-refractivity contribution in [3.8, 4) is 22.9 Å². The molecular weight excluding hydrogens is 222 g/mol. The fourth-order valence-corrected chi connectivity index (χ4v) is 1.90. The minimum Gasteiger partial charge on any atom is -0.495 e. The predicted octanol–water partition coefficient (Wildman–Crippen LogP) is 3.80. The Labute approximate surface area is 107 Å². The van der Waals surface area contributed by atoms with E-state index in [2.05, 4.69) is 37.3 Å². The van der Waals surface area contributed by atoms with Gasteiger partial charge in [-0.2, -0.15) is 5.26 Å². The van der Waals surface area contributed by atoms with Crippen LogP contribution in [0.2, 0.25) is 0 Å². The molecule has 0 bridgehead atoms. The van der Waals surface area contributed by atoms with Gasteiger partial charge in [-0.15, -0.1) is 0 Å². The summed E-state index contributed by atoms with van der Waals surface area (Å²) in [5, 5.41) is 8.95. The number of ether oxygens (including phenoxy) is 1. The minimum atomic E-state index is 0.562. The molecule has 0 aliphatic heterocycles. The fraction of sp³-hybridized carbons (Fsp3) is 0.188. The molecule has 0 saturated carbocycles. The first-order valence-corrected chi connectivity index (χ1v) is 5.96. The van der Waals surface area contributed by atoms with Gasteiger partial charge in [-0.1, -0.05) is 37.3 Å². The molecule has 2 nitrogen and oxygen atoms in total. The zero-order valence-electron chi connectivity index (χ0n) is 10.6. The van der Waals surface area contributed by atoms with Gasteiger partial charge < -0.3 is 4.74 Å². The van der Waals surface area contributed by atoms with Crippen LogP contribution in [0.25, 0.3) is 11.1 Å². The van der Waals surface area contributed by atoms with Crippen molar-refractivity contribution in [3.05, 3.63) is 53.6 Å². The van der Waals surface area contributed by atoms with Crippen LogP contribution < -0.4 is 4.74 Å². The first-order valence-electron chi connectivity index (χ1n) is 5.96. The maximum absolute atomic E-state index is 8.95. The number of rotatable bonds is 3. The van der Waals surface area contributed by atoms with E-state index in [1.807, 2.05) is 12.1 Å². The molecule has 0 atom stereocenters. The summed E-state index contributed by atoms with van der Waals surface area (Å²) >= 11 is 0. The first-order chi connectivity index (χ1) is 8.78. The molecule has 0 N–H and O–H groups in total. The summed E-state index contributed by atoms with van der Waals surface area (Å²) in [4.78, 5) is 0. The third-order valence-electron chi connectivity index (χ3n) is 3.02. The smallest absolute Gasteiger partial charge is 0.137 e. The second-order valence-electron chi connectivity index (χ2n) is 4.08. The van der Waals surface area contributed by atoms with Crippen molar-refractivity contribution in [1.82, 2.24) is 0 Å². The Balaban J connectivity index is 2.41. The highest BCUT2D eigenvalue weighted by Crippen LogP contribution is 2.27. The standard InChI is InChI=1S/C16H15NO/c1-3-12-4-6-13(7-5-12)14-8-9-15(11-17)16(10-14)18-2/h4-10H,3H2,1-2H3. The van der Waals surface area contributed by atoms with Crippen molar-refractivity contribution in [2.45, 2.75) is 13.3 Å². The number of hydrogen-bond acceptors (Lipinski definition) is 2. The topological polar surface area (TPSA) is 33.0 Å². The van der Waals surface area contributed by atoms with E-state index in [9.17, 15) is 0 Å². The zero-order chi connectivity index (χ0) is 13.0. The molecule has 0 amide bonds. The molecule has 0 fully saturated rings. The van der Waals surface area contributed by atoms with E-state index in [1.165, 1.54) is 5.56 Å². The maximum atomic E-state index is 8.95. The van der Waals surface area contributed by atoms with Crippen molar-refractivity contribution in [3.63, 3.8) is 0 Å². The molecule has 2 aromatic rings. The van der Waals surface area contributed by atoms with E-state index >= 15 is 0 Å². The van der Waals surface area contributed by atoms with Gasteiger partial charge in [0.25, 0.3) is 0 Å². The van der Waals surface area contributed by atoms with Gasteiger partial charge in [0.1, 0.15) is 11.8 Å². The Morgan fingerprint density at radius 3 is 2.28 bits per heavy atom. The lowest BCUT2D eigenvalue weighted by atomic mass is 10.0. The predicted molar refractivity (Wildman–Crippen MR) is 72.5 cm³/mol. The summed E-state index contributed by atoms with van der Waals surface area (Å²) in [7, 11) is 1.58. The number of aryl methyl sites for hydroxylation is 1. The molecule has 0 unspecified atom stereocenters. The van der Waals surface area contributed by atoms with E-state index in [4.69, 9.17) is 10.00 Å². The normalized spacial score (nSPS) is 9.83. The van der Waals surface area contributed by atoms with Crippen LogP contribution in [0.1, 0.15) is 18.1 Å². The second-order valence-corrected chi connectivity index (χ2v) is 4.08. The van der Waals surface area contributed by atoms with Crippen LogP contribution >= 0.6 is 0 Å². The van der Waals surface area contributed by atoms with Crippen molar-refractivity contribution < 1.29 is 4.74 Å². The summed E-state index contributed by atoms with van der Waals surface area (Å²) in [6.07, 6.45) is 1.04. The number of nitrogens with zero attached hydrogens (tertiary/aromatic N) is 1. The Morgan fingerprint density at radius 1 is 1.06 bits per heavy atom. The summed E-state index contributed by atoms with van der Waals surface area (Å²) < 4.78 is 5.22. The van der Waals surface area contributed by atoms with E-state index < -0.39 is 0 Å².